The second-order valence-corrected chi connectivity index (χ2v) is 16.4. The third-order valence-electron chi connectivity index (χ3n) is 12.1. The van der Waals surface area contributed by atoms with Gasteiger partial charge in [-0.15, -0.1) is 0 Å². The Labute approximate surface area is 282 Å². The molecular weight excluding hydrogens is 567 g/mol. The van der Waals surface area contributed by atoms with E-state index < -0.39 is 0 Å². The molecule has 5 aromatic carbocycles. The summed E-state index contributed by atoms with van der Waals surface area (Å²) in [6, 6.07) is 37.5. The topological polar surface area (TPSA) is 3.24 Å². The van der Waals surface area contributed by atoms with Gasteiger partial charge in [0.2, 0.25) is 0 Å². The number of hydrogen-bond donors (Lipinski definition) is 0. The van der Waals surface area contributed by atoms with Crippen LogP contribution in [0.3, 0.4) is 0 Å². The molecule has 0 N–H and O–H groups in total. The zero-order chi connectivity index (χ0) is 32.7. The molecule has 0 fully saturated rings. The largest absolute Gasteiger partial charge is 0.310 e. The van der Waals surface area contributed by atoms with Gasteiger partial charge in [-0.05, 0) is 142 Å². The summed E-state index contributed by atoms with van der Waals surface area (Å²) < 4.78 is 0. The Morgan fingerprint density at radius 2 is 1.15 bits per heavy atom. The van der Waals surface area contributed by atoms with E-state index in [9.17, 15) is 0 Å². The van der Waals surface area contributed by atoms with Crippen LogP contribution in [-0.4, -0.2) is 0 Å². The minimum atomic E-state index is -0.0887. The summed E-state index contributed by atoms with van der Waals surface area (Å²) >= 11 is 0. The van der Waals surface area contributed by atoms with E-state index in [0.717, 1.165) is 6.42 Å². The molecule has 8 rings (SSSR count). The number of para-hydroxylation sites is 1. The van der Waals surface area contributed by atoms with Gasteiger partial charge in [0.1, 0.15) is 0 Å². The van der Waals surface area contributed by atoms with Crippen molar-refractivity contribution in [1.82, 2.24) is 0 Å². The Bertz CT molecular complexity index is 2020. The lowest BCUT2D eigenvalue weighted by atomic mass is 9.63. The molecule has 0 amide bonds. The highest BCUT2D eigenvalue weighted by atomic mass is 15.1. The summed E-state index contributed by atoms with van der Waals surface area (Å²) in [7, 11) is 0. The molecule has 5 aromatic rings. The van der Waals surface area contributed by atoms with Crippen LogP contribution in [-0.2, 0) is 29.1 Å². The van der Waals surface area contributed by atoms with Gasteiger partial charge in [0.25, 0.3) is 0 Å². The number of fused-ring (bicyclic) bond motifs is 5. The van der Waals surface area contributed by atoms with E-state index in [1.54, 1.807) is 5.56 Å². The number of rotatable bonds is 4. The molecule has 47 heavy (non-hydrogen) atoms. The second kappa shape index (κ2) is 10.7. The van der Waals surface area contributed by atoms with Crippen LogP contribution < -0.4 is 4.90 Å². The Hall–Kier alpha value is -4.10. The van der Waals surface area contributed by atoms with Crippen LogP contribution in [0, 0.1) is 6.92 Å². The Balaban J connectivity index is 1.46. The summed E-state index contributed by atoms with van der Waals surface area (Å²) in [5.41, 5.74) is 19.8. The number of hydrogen-bond acceptors (Lipinski definition) is 1. The van der Waals surface area contributed by atoms with E-state index in [0.29, 0.717) is 0 Å². The highest BCUT2D eigenvalue weighted by Gasteiger charge is 2.40. The third kappa shape index (κ3) is 4.72. The first-order chi connectivity index (χ1) is 22.5. The van der Waals surface area contributed by atoms with Gasteiger partial charge in [0, 0.05) is 22.4 Å². The van der Waals surface area contributed by atoms with Crippen molar-refractivity contribution in [2.75, 3.05) is 4.90 Å². The molecule has 1 nitrogen and oxygen atoms in total. The van der Waals surface area contributed by atoms with Gasteiger partial charge in [0.05, 0.1) is 5.69 Å². The standard InChI is InChI=1S/C46H49N/c1-30-26-40-41(45(4,5)25-24-44(40,2)3)29-42(30)47(32-18-9-8-10-19-32)43-28-39-36(35-21-13-14-23-38(35)46(39,6)7)27-37(43)34-22-15-17-31-16-11-12-20-33(31)34/h8-10,13-15,17-19,21-23,26-29H,11-12,16,20,24-25H2,1-7H3. The number of nitrogens with zero attached hydrogens (tertiary/aromatic N) is 1. The quantitative estimate of drug-likeness (QED) is 0.194. The molecule has 0 bridgehead atoms. The predicted molar refractivity (Wildman–Crippen MR) is 201 cm³/mol. The van der Waals surface area contributed by atoms with Crippen molar-refractivity contribution in [3.05, 3.63) is 136 Å². The molecule has 0 saturated heterocycles. The van der Waals surface area contributed by atoms with Gasteiger partial charge < -0.3 is 4.90 Å². The van der Waals surface area contributed by atoms with Crippen molar-refractivity contribution in [2.24, 2.45) is 0 Å². The monoisotopic (exact) mass is 615 g/mol. The predicted octanol–water partition coefficient (Wildman–Crippen LogP) is 12.7. The Morgan fingerprint density at radius 1 is 0.511 bits per heavy atom. The summed E-state index contributed by atoms with van der Waals surface area (Å²) in [6.45, 7) is 16.9. The number of anilines is 3. The summed E-state index contributed by atoms with van der Waals surface area (Å²) in [6.07, 6.45) is 7.29. The maximum absolute atomic E-state index is 2.60. The Kier molecular flexibility index (Phi) is 6.89. The van der Waals surface area contributed by atoms with Gasteiger partial charge in [0.15, 0.2) is 0 Å². The van der Waals surface area contributed by atoms with Gasteiger partial charge in [-0.2, -0.15) is 0 Å². The van der Waals surface area contributed by atoms with Gasteiger partial charge in [-0.1, -0.05) is 108 Å². The fraction of sp³-hybridized carbons (Fsp3) is 0.348. The Morgan fingerprint density at radius 3 is 1.91 bits per heavy atom. The summed E-state index contributed by atoms with van der Waals surface area (Å²) in [4.78, 5) is 2.60. The summed E-state index contributed by atoms with van der Waals surface area (Å²) in [5.74, 6) is 0. The fourth-order valence-corrected chi connectivity index (χ4v) is 9.11. The minimum Gasteiger partial charge on any atom is -0.310 e. The molecule has 0 heterocycles. The van der Waals surface area contributed by atoms with Crippen molar-refractivity contribution < 1.29 is 0 Å². The van der Waals surface area contributed by atoms with Gasteiger partial charge in [-0.25, -0.2) is 0 Å². The van der Waals surface area contributed by atoms with E-state index in [-0.39, 0.29) is 16.2 Å². The first-order valence-corrected chi connectivity index (χ1v) is 17.9. The molecule has 0 radical (unpaired) electrons. The lowest BCUT2D eigenvalue weighted by molar-refractivity contribution is 0.332. The number of benzene rings is 5. The molecule has 0 saturated carbocycles. The average molecular weight is 616 g/mol. The minimum absolute atomic E-state index is 0.0887. The molecule has 238 valence electrons. The zero-order valence-corrected chi connectivity index (χ0v) is 29.4. The fourth-order valence-electron chi connectivity index (χ4n) is 9.11. The lowest BCUT2D eigenvalue weighted by Crippen LogP contribution is -2.34. The summed E-state index contributed by atoms with van der Waals surface area (Å²) in [5, 5.41) is 0. The maximum atomic E-state index is 2.60. The van der Waals surface area contributed by atoms with Gasteiger partial charge in [-0.3, -0.25) is 0 Å². The molecular formula is C46H49N. The molecule has 3 aliphatic carbocycles. The van der Waals surface area contributed by atoms with Crippen molar-refractivity contribution in [3.63, 3.8) is 0 Å². The molecule has 0 unspecified atom stereocenters. The van der Waals surface area contributed by atoms with Crippen LogP contribution >= 0.6 is 0 Å². The van der Waals surface area contributed by atoms with Crippen LogP contribution in [0.1, 0.15) is 106 Å². The van der Waals surface area contributed by atoms with Gasteiger partial charge >= 0.3 is 0 Å². The molecule has 0 aliphatic heterocycles. The SMILES string of the molecule is Cc1cc2c(cc1N(c1ccccc1)c1cc3c(cc1-c1cccc4c1CCCC4)-c1ccccc1C3(C)C)C(C)(C)CCC2(C)C. The lowest BCUT2D eigenvalue weighted by Gasteiger charge is -2.43. The van der Waals surface area contributed by atoms with E-state index in [2.05, 4.69) is 150 Å². The molecule has 3 aliphatic rings. The van der Waals surface area contributed by atoms with Crippen LogP contribution in [0.25, 0.3) is 22.3 Å². The first-order valence-electron chi connectivity index (χ1n) is 17.9. The smallest absolute Gasteiger partial charge is 0.0543 e. The molecule has 0 aromatic heterocycles. The van der Waals surface area contributed by atoms with E-state index in [1.807, 2.05) is 0 Å². The molecule has 0 spiro atoms. The normalized spacial score (nSPS) is 18.1. The van der Waals surface area contributed by atoms with Crippen molar-refractivity contribution >= 4 is 17.1 Å². The average Bonchev–Trinajstić information content (AvgIpc) is 3.29. The van der Waals surface area contributed by atoms with Crippen molar-refractivity contribution in [3.8, 4) is 22.3 Å². The first kappa shape index (κ1) is 30.2. The van der Waals surface area contributed by atoms with Crippen LogP contribution in [0.5, 0.6) is 0 Å². The van der Waals surface area contributed by atoms with Crippen LogP contribution in [0.15, 0.2) is 97.1 Å². The highest BCUT2D eigenvalue weighted by molar-refractivity contribution is 5.96. The highest BCUT2D eigenvalue weighted by Crippen LogP contribution is 2.55. The van der Waals surface area contributed by atoms with Crippen molar-refractivity contribution in [2.45, 2.75) is 103 Å². The maximum Gasteiger partial charge on any atom is 0.0543 e. The van der Waals surface area contributed by atoms with E-state index in [1.165, 1.54) is 105 Å². The van der Waals surface area contributed by atoms with Crippen LogP contribution in [0.4, 0.5) is 17.1 Å². The third-order valence-corrected chi connectivity index (χ3v) is 12.1. The van der Waals surface area contributed by atoms with E-state index >= 15 is 0 Å². The zero-order valence-electron chi connectivity index (χ0n) is 29.4. The van der Waals surface area contributed by atoms with Crippen LogP contribution in [0.2, 0.25) is 0 Å². The second-order valence-electron chi connectivity index (χ2n) is 16.4. The number of aryl methyl sites for hydroxylation is 2. The van der Waals surface area contributed by atoms with E-state index in [4.69, 9.17) is 0 Å². The molecule has 0 atom stereocenters. The molecule has 1 heteroatoms. The van der Waals surface area contributed by atoms with Crippen molar-refractivity contribution in [1.29, 1.82) is 0 Å².